The zero-order valence-corrected chi connectivity index (χ0v) is 28.8. The molecule has 3 heterocycles. The molecule has 0 unspecified atom stereocenters. The number of hydrogen-bond donors (Lipinski definition) is 0. The molecule has 52 heavy (non-hydrogen) atoms. The quantitative estimate of drug-likeness (QED) is 0.185. The van der Waals surface area contributed by atoms with E-state index < -0.39 is 0 Å². The van der Waals surface area contributed by atoms with Crippen LogP contribution in [0.1, 0.15) is 0 Å². The van der Waals surface area contributed by atoms with Crippen LogP contribution >= 0.6 is 11.3 Å². The Bertz CT molecular complexity index is 3180. The summed E-state index contributed by atoms with van der Waals surface area (Å²) < 4.78 is 4.88. The van der Waals surface area contributed by atoms with Gasteiger partial charge < -0.3 is 4.57 Å². The third-order valence-electron chi connectivity index (χ3n) is 10.4. The molecular formula is C48H29N3S. The summed E-state index contributed by atoms with van der Waals surface area (Å²) in [5, 5.41) is 8.51. The van der Waals surface area contributed by atoms with Crippen LogP contribution in [0.15, 0.2) is 176 Å². The van der Waals surface area contributed by atoms with Gasteiger partial charge >= 0.3 is 0 Å². The van der Waals surface area contributed by atoms with Crippen LogP contribution in [0.5, 0.6) is 0 Å². The van der Waals surface area contributed by atoms with Crippen molar-refractivity contribution in [2.75, 3.05) is 0 Å². The van der Waals surface area contributed by atoms with Crippen molar-refractivity contribution in [1.82, 2.24) is 14.5 Å². The van der Waals surface area contributed by atoms with Gasteiger partial charge in [0.1, 0.15) is 0 Å². The van der Waals surface area contributed by atoms with Gasteiger partial charge in [-0.1, -0.05) is 121 Å². The maximum absolute atomic E-state index is 5.27. The van der Waals surface area contributed by atoms with Gasteiger partial charge in [0, 0.05) is 53.1 Å². The lowest BCUT2D eigenvalue weighted by Crippen LogP contribution is -1.96. The monoisotopic (exact) mass is 679 g/mol. The van der Waals surface area contributed by atoms with E-state index in [1.165, 1.54) is 64.2 Å². The first-order valence-corrected chi connectivity index (χ1v) is 18.4. The first-order chi connectivity index (χ1) is 25.8. The van der Waals surface area contributed by atoms with E-state index in [9.17, 15) is 0 Å². The van der Waals surface area contributed by atoms with Crippen molar-refractivity contribution in [3.8, 4) is 39.5 Å². The number of thiophene rings is 1. The van der Waals surface area contributed by atoms with Gasteiger partial charge in [0.05, 0.1) is 22.2 Å². The van der Waals surface area contributed by atoms with Gasteiger partial charge in [0.2, 0.25) is 0 Å². The highest BCUT2D eigenvalue weighted by Crippen LogP contribution is 2.44. The topological polar surface area (TPSA) is 30.7 Å². The molecule has 0 bridgehead atoms. The SMILES string of the molecule is c1ccc(-c2nc(-c3cc4sc5ccc(-c6ccc7c(c6)c6ccccc6n7-c6ccccc6)cc5c4c4ccccc34)nc3ccccc23)cc1. The predicted octanol–water partition coefficient (Wildman–Crippen LogP) is 13.2. The normalized spacial score (nSPS) is 11.8. The summed E-state index contributed by atoms with van der Waals surface area (Å²) in [7, 11) is 0. The number of aromatic nitrogens is 3. The third kappa shape index (κ3) is 4.45. The Balaban J connectivity index is 1.11. The van der Waals surface area contributed by atoms with Crippen LogP contribution in [0.2, 0.25) is 0 Å². The molecule has 0 N–H and O–H groups in total. The summed E-state index contributed by atoms with van der Waals surface area (Å²) in [5.74, 6) is 0.747. The summed E-state index contributed by atoms with van der Waals surface area (Å²) in [6, 6.07) is 63.0. The minimum Gasteiger partial charge on any atom is -0.309 e. The first-order valence-electron chi connectivity index (χ1n) is 17.6. The predicted molar refractivity (Wildman–Crippen MR) is 221 cm³/mol. The van der Waals surface area contributed by atoms with Crippen LogP contribution < -0.4 is 0 Å². The molecule has 3 aromatic heterocycles. The average molecular weight is 680 g/mol. The third-order valence-corrected chi connectivity index (χ3v) is 11.5. The lowest BCUT2D eigenvalue weighted by Gasteiger charge is -2.12. The maximum Gasteiger partial charge on any atom is 0.161 e. The van der Waals surface area contributed by atoms with E-state index in [-0.39, 0.29) is 0 Å². The van der Waals surface area contributed by atoms with Crippen molar-refractivity contribution in [1.29, 1.82) is 0 Å². The molecule has 0 saturated heterocycles. The maximum atomic E-state index is 5.27. The zero-order chi connectivity index (χ0) is 34.2. The molecule has 11 aromatic rings. The van der Waals surface area contributed by atoms with Gasteiger partial charge in [-0.25, -0.2) is 9.97 Å². The van der Waals surface area contributed by atoms with Gasteiger partial charge in [-0.2, -0.15) is 0 Å². The Labute approximate surface area is 303 Å². The molecule has 4 heteroatoms. The molecular weight excluding hydrogens is 651 g/mol. The van der Waals surface area contributed by atoms with E-state index in [0.717, 1.165) is 38.9 Å². The minimum atomic E-state index is 0.747. The zero-order valence-electron chi connectivity index (χ0n) is 28.0. The number of para-hydroxylation sites is 3. The molecule has 0 aliphatic carbocycles. The van der Waals surface area contributed by atoms with Gasteiger partial charge in [0.15, 0.2) is 5.82 Å². The second-order valence-corrected chi connectivity index (χ2v) is 14.4. The van der Waals surface area contributed by atoms with E-state index in [1.54, 1.807) is 0 Å². The van der Waals surface area contributed by atoms with Gasteiger partial charge in [-0.15, -0.1) is 11.3 Å². The molecule has 8 aromatic carbocycles. The molecule has 0 aliphatic rings. The average Bonchev–Trinajstić information content (AvgIpc) is 3.76. The second-order valence-electron chi connectivity index (χ2n) is 13.4. The Morgan fingerprint density at radius 1 is 0.404 bits per heavy atom. The smallest absolute Gasteiger partial charge is 0.161 e. The molecule has 0 spiro atoms. The molecule has 0 saturated carbocycles. The van der Waals surface area contributed by atoms with Crippen LogP contribution in [0.25, 0.3) is 103 Å². The highest BCUT2D eigenvalue weighted by molar-refractivity contribution is 7.26. The number of nitrogens with zero attached hydrogens (tertiary/aromatic N) is 3. The van der Waals surface area contributed by atoms with Crippen LogP contribution in [0.4, 0.5) is 0 Å². The van der Waals surface area contributed by atoms with E-state index in [2.05, 4.69) is 174 Å². The van der Waals surface area contributed by atoms with Gasteiger partial charge in [-0.3, -0.25) is 0 Å². The van der Waals surface area contributed by atoms with Crippen molar-refractivity contribution in [2.24, 2.45) is 0 Å². The Kier molecular flexibility index (Phi) is 6.42. The van der Waals surface area contributed by atoms with Crippen LogP contribution in [-0.2, 0) is 0 Å². The largest absolute Gasteiger partial charge is 0.309 e. The number of hydrogen-bond acceptors (Lipinski definition) is 3. The fraction of sp³-hybridized carbons (Fsp3) is 0. The van der Waals surface area contributed by atoms with Crippen LogP contribution in [0, 0.1) is 0 Å². The number of fused-ring (bicyclic) bond motifs is 9. The summed E-state index contributed by atoms with van der Waals surface area (Å²) in [4.78, 5) is 10.4. The van der Waals surface area contributed by atoms with Gasteiger partial charge in [0.25, 0.3) is 0 Å². The molecule has 0 amide bonds. The second kappa shape index (κ2) is 11.5. The summed E-state index contributed by atoms with van der Waals surface area (Å²) in [6.45, 7) is 0. The van der Waals surface area contributed by atoms with Crippen LogP contribution in [-0.4, -0.2) is 14.5 Å². The molecule has 3 nitrogen and oxygen atoms in total. The van der Waals surface area contributed by atoms with Crippen molar-refractivity contribution in [2.45, 2.75) is 0 Å². The molecule has 0 radical (unpaired) electrons. The molecule has 0 aliphatic heterocycles. The Hall–Kier alpha value is -6.62. The highest BCUT2D eigenvalue weighted by atomic mass is 32.1. The van der Waals surface area contributed by atoms with Gasteiger partial charge in [-0.05, 0) is 76.5 Å². The summed E-state index contributed by atoms with van der Waals surface area (Å²) in [5.41, 5.74) is 10.1. The lowest BCUT2D eigenvalue weighted by atomic mass is 9.96. The first kappa shape index (κ1) is 29.1. The number of rotatable bonds is 4. The van der Waals surface area contributed by atoms with Crippen LogP contribution in [0.3, 0.4) is 0 Å². The molecule has 242 valence electrons. The van der Waals surface area contributed by atoms with E-state index in [1.807, 2.05) is 17.4 Å². The highest BCUT2D eigenvalue weighted by Gasteiger charge is 2.19. The standard InChI is InChI=1S/C48H29N3S/c1-3-13-30(14-4-1)47-37-20-9-11-21-41(37)49-48(50-47)39-29-45-46(36-19-8-7-17-34(36)39)40-28-32(24-26-44(40)52-45)31-23-25-43-38(27-31)35-18-10-12-22-42(35)51(43)33-15-5-2-6-16-33/h1-29H. The van der Waals surface area contributed by atoms with Crippen molar-refractivity contribution in [3.05, 3.63) is 176 Å². The summed E-state index contributed by atoms with van der Waals surface area (Å²) in [6.07, 6.45) is 0. The fourth-order valence-electron chi connectivity index (χ4n) is 8.03. The van der Waals surface area contributed by atoms with E-state index in [4.69, 9.17) is 9.97 Å². The Morgan fingerprint density at radius 3 is 1.87 bits per heavy atom. The fourth-order valence-corrected chi connectivity index (χ4v) is 9.17. The molecule has 0 fully saturated rings. The van der Waals surface area contributed by atoms with E-state index >= 15 is 0 Å². The van der Waals surface area contributed by atoms with E-state index in [0.29, 0.717) is 0 Å². The summed E-state index contributed by atoms with van der Waals surface area (Å²) >= 11 is 1.84. The number of benzene rings is 8. The minimum absolute atomic E-state index is 0.747. The van der Waals surface area contributed by atoms with Crippen molar-refractivity contribution in [3.63, 3.8) is 0 Å². The van der Waals surface area contributed by atoms with Crippen molar-refractivity contribution >= 4 is 75.0 Å². The lowest BCUT2D eigenvalue weighted by molar-refractivity contribution is 1.18. The van der Waals surface area contributed by atoms with Crippen molar-refractivity contribution < 1.29 is 0 Å². The molecule has 11 rings (SSSR count). The Morgan fingerprint density at radius 2 is 1.04 bits per heavy atom. The molecule has 0 atom stereocenters.